The number of aromatic nitrogens is 1. The highest BCUT2D eigenvalue weighted by molar-refractivity contribution is 7.10. The van der Waals surface area contributed by atoms with Crippen LogP contribution in [0.15, 0.2) is 35.8 Å². The largest absolute Gasteiger partial charge is 0.383 e. The molecule has 2 aromatic heterocycles. The number of pyridine rings is 1. The summed E-state index contributed by atoms with van der Waals surface area (Å²) in [7, 11) is 0. The van der Waals surface area contributed by atoms with Crippen molar-refractivity contribution >= 4 is 17.2 Å². The van der Waals surface area contributed by atoms with Gasteiger partial charge in [-0.15, -0.1) is 11.3 Å². The molecule has 0 aromatic carbocycles. The molecule has 1 unspecified atom stereocenters. The van der Waals surface area contributed by atoms with Gasteiger partial charge in [0.05, 0.1) is 6.04 Å². The summed E-state index contributed by atoms with van der Waals surface area (Å²) in [6.07, 6.45) is 1.72. The lowest BCUT2D eigenvalue weighted by Crippen LogP contribution is -2.22. The zero-order valence-electron chi connectivity index (χ0n) is 9.18. The van der Waals surface area contributed by atoms with Crippen molar-refractivity contribution in [3.8, 4) is 0 Å². The lowest BCUT2D eigenvalue weighted by Gasteiger charge is -2.17. The molecule has 16 heavy (non-hydrogen) atoms. The second-order valence-corrected chi connectivity index (χ2v) is 4.46. The van der Waals surface area contributed by atoms with E-state index in [-0.39, 0.29) is 6.04 Å². The lowest BCUT2D eigenvalue weighted by molar-refractivity contribution is 0.639. The molecule has 2 heterocycles. The molecule has 0 radical (unpaired) electrons. The van der Waals surface area contributed by atoms with Gasteiger partial charge in [0.2, 0.25) is 0 Å². The third kappa shape index (κ3) is 2.23. The van der Waals surface area contributed by atoms with Crippen molar-refractivity contribution in [1.82, 2.24) is 10.3 Å². The van der Waals surface area contributed by atoms with Crippen molar-refractivity contribution in [2.24, 2.45) is 0 Å². The van der Waals surface area contributed by atoms with Gasteiger partial charge in [-0.25, -0.2) is 4.98 Å². The molecule has 3 N–H and O–H groups in total. The molecular formula is C12H15N3S. The van der Waals surface area contributed by atoms with Crippen molar-refractivity contribution in [2.45, 2.75) is 13.0 Å². The van der Waals surface area contributed by atoms with Gasteiger partial charge in [0, 0.05) is 16.6 Å². The van der Waals surface area contributed by atoms with Crippen LogP contribution in [0, 0.1) is 0 Å². The molecule has 2 aromatic rings. The van der Waals surface area contributed by atoms with E-state index >= 15 is 0 Å². The van der Waals surface area contributed by atoms with Crippen molar-refractivity contribution in [3.05, 3.63) is 46.3 Å². The Bertz CT molecular complexity index is 439. The molecular weight excluding hydrogens is 218 g/mol. The van der Waals surface area contributed by atoms with Crippen LogP contribution in [-0.2, 0) is 0 Å². The predicted octanol–water partition coefficient (Wildman–Crippen LogP) is 2.42. The third-order valence-corrected chi connectivity index (χ3v) is 3.36. The maximum atomic E-state index is 5.91. The zero-order chi connectivity index (χ0) is 11.4. The highest BCUT2D eigenvalue weighted by Crippen LogP contribution is 2.28. The Morgan fingerprint density at radius 2 is 2.31 bits per heavy atom. The van der Waals surface area contributed by atoms with E-state index in [0.29, 0.717) is 5.82 Å². The van der Waals surface area contributed by atoms with E-state index < -0.39 is 0 Å². The van der Waals surface area contributed by atoms with Crippen LogP contribution in [0.3, 0.4) is 0 Å². The Hall–Kier alpha value is -1.39. The van der Waals surface area contributed by atoms with Crippen LogP contribution in [0.25, 0.3) is 0 Å². The number of nitrogens with one attached hydrogen (secondary N) is 1. The van der Waals surface area contributed by atoms with E-state index in [0.717, 1.165) is 12.1 Å². The second kappa shape index (κ2) is 5.09. The Labute approximate surface area is 99.3 Å². The summed E-state index contributed by atoms with van der Waals surface area (Å²) in [5, 5.41) is 5.51. The van der Waals surface area contributed by atoms with E-state index in [1.54, 1.807) is 17.5 Å². The molecule has 0 bridgehead atoms. The van der Waals surface area contributed by atoms with E-state index in [4.69, 9.17) is 5.73 Å². The Kier molecular flexibility index (Phi) is 3.54. The van der Waals surface area contributed by atoms with Crippen molar-refractivity contribution in [2.75, 3.05) is 12.3 Å². The Morgan fingerprint density at radius 3 is 2.94 bits per heavy atom. The first-order valence-electron chi connectivity index (χ1n) is 5.30. The standard InChI is InChI=1S/C12H15N3S/c1-2-14-11(10-6-4-8-16-10)9-5-3-7-15-12(9)13/h3-8,11,14H,2H2,1H3,(H2,13,15). The molecule has 84 valence electrons. The molecule has 0 fully saturated rings. The smallest absolute Gasteiger partial charge is 0.128 e. The normalized spacial score (nSPS) is 12.6. The number of anilines is 1. The van der Waals surface area contributed by atoms with E-state index in [2.05, 4.69) is 34.7 Å². The lowest BCUT2D eigenvalue weighted by atomic mass is 10.1. The van der Waals surface area contributed by atoms with Crippen molar-refractivity contribution in [1.29, 1.82) is 0 Å². The molecule has 0 aliphatic heterocycles. The molecule has 0 spiro atoms. The minimum absolute atomic E-state index is 0.152. The quantitative estimate of drug-likeness (QED) is 0.852. The topological polar surface area (TPSA) is 50.9 Å². The average molecular weight is 233 g/mol. The van der Waals surface area contributed by atoms with Crippen LogP contribution >= 0.6 is 11.3 Å². The van der Waals surface area contributed by atoms with Gasteiger partial charge in [-0.3, -0.25) is 0 Å². The van der Waals surface area contributed by atoms with Gasteiger partial charge >= 0.3 is 0 Å². The number of thiophene rings is 1. The molecule has 4 heteroatoms. The van der Waals surface area contributed by atoms with Gasteiger partial charge < -0.3 is 11.1 Å². The highest BCUT2D eigenvalue weighted by Gasteiger charge is 2.16. The highest BCUT2D eigenvalue weighted by atomic mass is 32.1. The number of nitrogens with zero attached hydrogens (tertiary/aromatic N) is 1. The van der Waals surface area contributed by atoms with Crippen molar-refractivity contribution < 1.29 is 0 Å². The molecule has 0 amide bonds. The van der Waals surface area contributed by atoms with E-state index in [1.165, 1.54) is 4.88 Å². The number of rotatable bonds is 4. The summed E-state index contributed by atoms with van der Waals surface area (Å²) in [6.45, 7) is 2.99. The summed E-state index contributed by atoms with van der Waals surface area (Å²) < 4.78 is 0. The minimum Gasteiger partial charge on any atom is -0.383 e. The first-order valence-corrected chi connectivity index (χ1v) is 6.18. The molecule has 1 atom stereocenters. The van der Waals surface area contributed by atoms with E-state index in [9.17, 15) is 0 Å². The molecule has 3 nitrogen and oxygen atoms in total. The van der Waals surface area contributed by atoms with Gasteiger partial charge in [0.1, 0.15) is 5.82 Å². The summed E-state index contributed by atoms with van der Waals surface area (Å²) in [4.78, 5) is 5.40. The van der Waals surface area contributed by atoms with Crippen LogP contribution in [0.1, 0.15) is 23.4 Å². The summed E-state index contributed by atoms with van der Waals surface area (Å²) >= 11 is 1.73. The van der Waals surface area contributed by atoms with E-state index in [1.807, 2.05) is 12.1 Å². The first-order chi connectivity index (χ1) is 7.83. The molecule has 0 saturated carbocycles. The second-order valence-electron chi connectivity index (χ2n) is 3.48. The fraction of sp³-hybridized carbons (Fsp3) is 0.250. The third-order valence-electron chi connectivity index (χ3n) is 2.42. The summed E-state index contributed by atoms with van der Waals surface area (Å²) in [5.74, 6) is 0.599. The van der Waals surface area contributed by atoms with Gasteiger partial charge in [-0.1, -0.05) is 19.1 Å². The molecule has 0 saturated heterocycles. The fourth-order valence-corrected chi connectivity index (χ4v) is 2.52. The zero-order valence-corrected chi connectivity index (χ0v) is 10.00. The minimum atomic E-state index is 0.152. The number of hydrogen-bond donors (Lipinski definition) is 2. The number of nitrogen functional groups attached to an aromatic ring is 1. The Balaban J connectivity index is 2.37. The monoisotopic (exact) mass is 233 g/mol. The van der Waals surface area contributed by atoms with Crippen molar-refractivity contribution in [3.63, 3.8) is 0 Å². The summed E-state index contributed by atoms with van der Waals surface area (Å²) in [5.41, 5.74) is 6.96. The van der Waals surface area contributed by atoms with Gasteiger partial charge in [0.15, 0.2) is 0 Å². The maximum Gasteiger partial charge on any atom is 0.128 e. The number of nitrogens with two attached hydrogens (primary N) is 1. The molecule has 0 aliphatic carbocycles. The number of hydrogen-bond acceptors (Lipinski definition) is 4. The molecule has 2 rings (SSSR count). The van der Waals surface area contributed by atoms with Crippen LogP contribution in [0.5, 0.6) is 0 Å². The summed E-state index contributed by atoms with van der Waals surface area (Å²) in [6, 6.07) is 8.26. The van der Waals surface area contributed by atoms with Gasteiger partial charge in [0.25, 0.3) is 0 Å². The van der Waals surface area contributed by atoms with Gasteiger partial charge in [-0.05, 0) is 24.1 Å². The predicted molar refractivity (Wildman–Crippen MR) is 68.5 cm³/mol. The van der Waals surface area contributed by atoms with Crippen LogP contribution in [0.2, 0.25) is 0 Å². The van der Waals surface area contributed by atoms with Gasteiger partial charge in [-0.2, -0.15) is 0 Å². The Morgan fingerprint density at radius 1 is 1.44 bits per heavy atom. The molecule has 0 aliphatic rings. The van der Waals surface area contributed by atoms with Crippen LogP contribution in [-0.4, -0.2) is 11.5 Å². The first kappa shape index (κ1) is 11.1. The van der Waals surface area contributed by atoms with Crippen LogP contribution < -0.4 is 11.1 Å². The SMILES string of the molecule is CCNC(c1cccs1)c1cccnc1N. The maximum absolute atomic E-state index is 5.91. The average Bonchev–Trinajstić information content (AvgIpc) is 2.80. The fourth-order valence-electron chi connectivity index (χ4n) is 1.70. The van der Waals surface area contributed by atoms with Crippen LogP contribution in [0.4, 0.5) is 5.82 Å².